The molecular formula is C31H36ClFN2O6. The molecule has 2 aliphatic carbocycles. The van der Waals surface area contributed by atoms with Crippen molar-refractivity contribution in [2.45, 2.75) is 57.7 Å². The first-order chi connectivity index (χ1) is 19.7. The van der Waals surface area contributed by atoms with Crippen molar-refractivity contribution < 1.29 is 34.0 Å². The highest BCUT2D eigenvalue weighted by Crippen LogP contribution is 2.42. The zero-order valence-corrected chi connectivity index (χ0v) is 23.8. The average Bonchev–Trinajstić information content (AvgIpc) is 3.54. The number of hydrogen-bond donors (Lipinski definition) is 3. The lowest BCUT2D eigenvalue weighted by Crippen LogP contribution is -2.34. The van der Waals surface area contributed by atoms with Gasteiger partial charge in [-0.15, -0.1) is 0 Å². The van der Waals surface area contributed by atoms with E-state index in [9.17, 15) is 24.5 Å². The van der Waals surface area contributed by atoms with Crippen molar-refractivity contribution in [1.29, 1.82) is 0 Å². The second-order valence-corrected chi connectivity index (χ2v) is 11.4. The number of rotatable bonds is 11. The number of nitrogens with zero attached hydrogens (tertiary/aromatic N) is 2. The second kappa shape index (κ2) is 12.6. The summed E-state index contributed by atoms with van der Waals surface area (Å²) < 4.78 is 27.1. The largest absolute Gasteiger partial charge is 0.494 e. The highest BCUT2D eigenvalue weighted by atomic mass is 35.5. The van der Waals surface area contributed by atoms with E-state index in [1.807, 2.05) is 24.3 Å². The fraction of sp³-hybridized carbons (Fsp3) is 0.452. The van der Waals surface area contributed by atoms with Gasteiger partial charge in [0, 0.05) is 31.3 Å². The van der Waals surface area contributed by atoms with Crippen LogP contribution in [0.5, 0.6) is 23.3 Å². The summed E-state index contributed by atoms with van der Waals surface area (Å²) >= 11 is 6.35. The fourth-order valence-electron chi connectivity index (χ4n) is 6.30. The molecule has 1 aromatic heterocycles. The Balaban J connectivity index is 1.33. The van der Waals surface area contributed by atoms with Gasteiger partial charge in [0.1, 0.15) is 12.4 Å². The van der Waals surface area contributed by atoms with E-state index < -0.39 is 11.8 Å². The quantitative estimate of drug-likeness (QED) is 0.247. The zero-order chi connectivity index (χ0) is 29.1. The molecule has 8 nitrogen and oxygen atoms in total. The normalized spacial score (nSPS) is 20.2. The minimum Gasteiger partial charge on any atom is -0.494 e. The number of aromatic hydroxyl groups is 2. The molecule has 1 atom stereocenters. The van der Waals surface area contributed by atoms with E-state index in [1.54, 1.807) is 7.11 Å². The molecule has 2 aliphatic rings. The summed E-state index contributed by atoms with van der Waals surface area (Å²) in [6.07, 6.45) is 4.64. The van der Waals surface area contributed by atoms with Crippen molar-refractivity contribution in [2.75, 3.05) is 20.3 Å². The van der Waals surface area contributed by atoms with Gasteiger partial charge in [-0.3, -0.25) is 14.3 Å². The molecule has 0 spiro atoms. The molecule has 3 N–H and O–H groups in total. The summed E-state index contributed by atoms with van der Waals surface area (Å²) in [5.74, 6) is 0.0411. The number of aliphatic carboxylic acids is 1. The highest BCUT2D eigenvalue weighted by molar-refractivity contribution is 6.31. The lowest BCUT2D eigenvalue weighted by Gasteiger charge is -2.35. The summed E-state index contributed by atoms with van der Waals surface area (Å²) in [4.78, 5) is 13.9. The maximum absolute atomic E-state index is 14.2. The van der Waals surface area contributed by atoms with Gasteiger partial charge >= 0.3 is 5.97 Å². The molecule has 1 fully saturated rings. The van der Waals surface area contributed by atoms with Gasteiger partial charge in [0.05, 0.1) is 24.6 Å². The molecular weight excluding hydrogens is 551 g/mol. The Morgan fingerprint density at radius 3 is 2.46 bits per heavy atom. The lowest BCUT2D eigenvalue weighted by atomic mass is 9.81. The molecule has 0 radical (unpaired) electrons. The van der Waals surface area contributed by atoms with Gasteiger partial charge < -0.3 is 24.8 Å². The van der Waals surface area contributed by atoms with Crippen LogP contribution in [0.15, 0.2) is 42.5 Å². The monoisotopic (exact) mass is 586 g/mol. The van der Waals surface area contributed by atoms with Crippen molar-refractivity contribution >= 4 is 17.6 Å². The maximum atomic E-state index is 14.2. The van der Waals surface area contributed by atoms with Crippen LogP contribution in [-0.4, -0.2) is 51.0 Å². The zero-order valence-electron chi connectivity index (χ0n) is 23.1. The maximum Gasteiger partial charge on any atom is 0.306 e. The van der Waals surface area contributed by atoms with Crippen molar-refractivity contribution in [3.8, 4) is 23.3 Å². The number of carboxylic acids is 1. The van der Waals surface area contributed by atoms with Gasteiger partial charge in [0.25, 0.3) is 0 Å². The molecule has 220 valence electrons. The van der Waals surface area contributed by atoms with Gasteiger partial charge in [-0.25, -0.2) is 4.39 Å². The lowest BCUT2D eigenvalue weighted by molar-refractivity contribution is -0.143. The van der Waals surface area contributed by atoms with Crippen LogP contribution < -0.4 is 9.47 Å². The summed E-state index contributed by atoms with van der Waals surface area (Å²) in [5, 5.41) is 29.3. The van der Waals surface area contributed by atoms with E-state index in [2.05, 4.69) is 4.90 Å². The molecule has 10 heteroatoms. The molecule has 0 saturated heterocycles. The molecule has 1 saturated carbocycles. The Hall–Kier alpha value is -3.43. The SMILES string of the molecule is COc1cc(CN(CC2CCC(C(=O)O)CC2)C2CCc3c2ccc(F)c3Cl)ccc1OCCn1c(O)ccc1O. The van der Waals surface area contributed by atoms with E-state index >= 15 is 0 Å². The van der Waals surface area contributed by atoms with E-state index in [0.717, 1.165) is 42.5 Å². The van der Waals surface area contributed by atoms with Crippen molar-refractivity contribution in [1.82, 2.24) is 9.47 Å². The van der Waals surface area contributed by atoms with Gasteiger partial charge in [-0.1, -0.05) is 23.7 Å². The minimum atomic E-state index is -0.710. The standard InChI is InChI=1S/C31H36ClFN2O6/c1-40-27-16-20(4-11-26(27)41-15-14-35-28(36)12-13-29(35)37)18-34(17-19-2-5-21(6-3-19)31(38)39)25-10-8-23-22(25)7-9-24(33)30(23)32/h4,7,9,11-13,16,19,21,25,36-37H,2-3,5-6,8,10,14-15,17-18H2,1H3,(H,38,39). The van der Waals surface area contributed by atoms with Gasteiger partial charge in [-0.2, -0.15) is 0 Å². The molecule has 0 amide bonds. The van der Waals surface area contributed by atoms with Crippen LogP contribution >= 0.6 is 11.6 Å². The molecule has 0 aliphatic heterocycles. The Morgan fingerprint density at radius 2 is 1.78 bits per heavy atom. The van der Waals surface area contributed by atoms with Gasteiger partial charge in [0.15, 0.2) is 23.3 Å². The predicted octanol–water partition coefficient (Wildman–Crippen LogP) is 6.16. The molecule has 5 rings (SSSR count). The fourth-order valence-corrected chi connectivity index (χ4v) is 6.57. The first-order valence-corrected chi connectivity index (χ1v) is 14.4. The molecule has 0 bridgehead atoms. The van der Waals surface area contributed by atoms with Crippen LogP contribution in [-0.2, 0) is 24.3 Å². The average molecular weight is 587 g/mol. The molecule has 2 aromatic carbocycles. The Morgan fingerprint density at radius 1 is 1.05 bits per heavy atom. The van der Waals surface area contributed by atoms with Gasteiger partial charge in [-0.05, 0) is 79.3 Å². The first-order valence-electron chi connectivity index (χ1n) is 14.1. The number of benzene rings is 2. The van der Waals surface area contributed by atoms with Crippen LogP contribution in [0.4, 0.5) is 4.39 Å². The third-order valence-electron chi connectivity index (χ3n) is 8.51. The molecule has 41 heavy (non-hydrogen) atoms. The van der Waals surface area contributed by atoms with E-state index in [1.165, 1.54) is 22.8 Å². The van der Waals surface area contributed by atoms with E-state index in [-0.39, 0.29) is 41.9 Å². The first kappa shape index (κ1) is 29.1. The number of hydrogen-bond acceptors (Lipinski definition) is 6. The number of ether oxygens (including phenoxy) is 2. The smallest absolute Gasteiger partial charge is 0.306 e. The number of aromatic nitrogens is 1. The third kappa shape index (κ3) is 6.41. The third-order valence-corrected chi connectivity index (χ3v) is 8.92. The van der Waals surface area contributed by atoms with Crippen LogP contribution in [0.25, 0.3) is 0 Å². The Bertz CT molecular complexity index is 1370. The predicted molar refractivity (Wildman–Crippen MR) is 152 cm³/mol. The summed E-state index contributed by atoms with van der Waals surface area (Å²) in [7, 11) is 1.58. The molecule has 1 heterocycles. The second-order valence-electron chi connectivity index (χ2n) is 11.0. The van der Waals surface area contributed by atoms with Crippen molar-refractivity contribution in [3.63, 3.8) is 0 Å². The summed E-state index contributed by atoms with van der Waals surface area (Å²) in [6.45, 7) is 1.90. The van der Waals surface area contributed by atoms with E-state index in [4.69, 9.17) is 21.1 Å². The van der Waals surface area contributed by atoms with Gasteiger partial charge in [0.2, 0.25) is 0 Å². The van der Waals surface area contributed by atoms with Crippen LogP contribution in [0, 0.1) is 17.7 Å². The number of carbonyl (C=O) groups is 1. The minimum absolute atomic E-state index is 0.0394. The molecule has 3 aromatic rings. The highest BCUT2D eigenvalue weighted by Gasteiger charge is 2.33. The Labute approximate surface area is 243 Å². The van der Waals surface area contributed by atoms with Crippen LogP contribution in [0.2, 0.25) is 5.02 Å². The van der Waals surface area contributed by atoms with Crippen LogP contribution in [0.1, 0.15) is 54.8 Å². The van der Waals surface area contributed by atoms with Crippen LogP contribution in [0.3, 0.4) is 0 Å². The number of halogens is 2. The number of carboxylic acid groups (broad SMARTS) is 1. The summed E-state index contributed by atoms with van der Waals surface area (Å²) in [6, 6.07) is 12.0. The van der Waals surface area contributed by atoms with E-state index in [0.29, 0.717) is 43.2 Å². The molecule has 1 unspecified atom stereocenters. The van der Waals surface area contributed by atoms with Crippen molar-refractivity contribution in [2.24, 2.45) is 11.8 Å². The number of methoxy groups -OCH3 is 1. The topological polar surface area (TPSA) is 104 Å². The Kier molecular flexibility index (Phi) is 8.94. The van der Waals surface area contributed by atoms with Crippen molar-refractivity contribution in [3.05, 3.63) is 70.0 Å². The number of fused-ring (bicyclic) bond motifs is 1. The summed E-state index contributed by atoms with van der Waals surface area (Å²) in [5.41, 5.74) is 2.95.